The van der Waals surface area contributed by atoms with Crippen LogP contribution in [0.1, 0.15) is 41.3 Å². The molecule has 7 heteroatoms. The number of benzene rings is 2. The highest BCUT2D eigenvalue weighted by Crippen LogP contribution is 2.16. The van der Waals surface area contributed by atoms with Gasteiger partial charge in [0.2, 0.25) is 5.91 Å². The summed E-state index contributed by atoms with van der Waals surface area (Å²) in [4.78, 5) is 39.6. The van der Waals surface area contributed by atoms with Gasteiger partial charge in [-0.15, -0.1) is 0 Å². The molecule has 0 aromatic heterocycles. The maximum Gasteiger partial charge on any atom is 0.338 e. The van der Waals surface area contributed by atoms with Crippen LogP contribution in [0, 0.1) is 0 Å². The largest absolute Gasteiger partial charge is 0.494 e. The van der Waals surface area contributed by atoms with Crippen molar-refractivity contribution < 1.29 is 23.9 Å². The third-order valence-corrected chi connectivity index (χ3v) is 5.14. The summed E-state index contributed by atoms with van der Waals surface area (Å²) in [6, 6.07) is 14.5. The molecule has 31 heavy (non-hydrogen) atoms. The van der Waals surface area contributed by atoms with E-state index >= 15 is 0 Å². The molecule has 1 saturated heterocycles. The third kappa shape index (κ3) is 6.31. The van der Waals surface area contributed by atoms with Gasteiger partial charge in [0, 0.05) is 33.1 Å². The van der Waals surface area contributed by atoms with Crippen LogP contribution in [-0.4, -0.2) is 54.4 Å². The van der Waals surface area contributed by atoms with E-state index in [2.05, 4.69) is 0 Å². The molecule has 3 rings (SSSR count). The predicted molar refractivity (Wildman–Crippen MR) is 115 cm³/mol. The highest BCUT2D eigenvalue weighted by molar-refractivity contribution is 5.91. The number of likely N-dealkylation sites (N-methyl/N-ethyl adjacent to an activating group) is 1. The molecule has 0 saturated carbocycles. The molecule has 0 spiro atoms. The zero-order valence-corrected chi connectivity index (χ0v) is 18.0. The van der Waals surface area contributed by atoms with Gasteiger partial charge in [-0.2, -0.15) is 0 Å². The first-order valence-electron chi connectivity index (χ1n) is 10.5. The van der Waals surface area contributed by atoms with Crippen molar-refractivity contribution in [1.82, 2.24) is 9.80 Å². The van der Waals surface area contributed by atoms with Gasteiger partial charge < -0.3 is 19.3 Å². The molecule has 0 N–H and O–H groups in total. The Morgan fingerprint density at radius 1 is 1.03 bits per heavy atom. The van der Waals surface area contributed by atoms with Crippen LogP contribution in [0.25, 0.3) is 0 Å². The van der Waals surface area contributed by atoms with Crippen LogP contribution in [0.5, 0.6) is 5.75 Å². The second kappa shape index (κ2) is 10.6. The Morgan fingerprint density at radius 3 is 2.32 bits per heavy atom. The van der Waals surface area contributed by atoms with E-state index in [1.165, 1.54) is 4.90 Å². The third-order valence-electron chi connectivity index (χ3n) is 5.14. The SMILES string of the molecule is CCOc1ccc(CN(C)C(=O)COC(=O)c2ccc(CN3CCCC3=O)cc2)cc1. The highest BCUT2D eigenvalue weighted by Gasteiger charge is 2.20. The van der Waals surface area contributed by atoms with Crippen LogP contribution in [0.2, 0.25) is 0 Å². The number of ether oxygens (including phenoxy) is 2. The maximum atomic E-state index is 12.3. The summed E-state index contributed by atoms with van der Waals surface area (Å²) in [5.41, 5.74) is 2.29. The van der Waals surface area contributed by atoms with Gasteiger partial charge in [0.25, 0.3) is 5.91 Å². The van der Waals surface area contributed by atoms with Gasteiger partial charge in [-0.1, -0.05) is 24.3 Å². The number of amides is 2. The van der Waals surface area contributed by atoms with E-state index < -0.39 is 5.97 Å². The van der Waals surface area contributed by atoms with Gasteiger partial charge in [0.15, 0.2) is 6.61 Å². The number of rotatable bonds is 9. The van der Waals surface area contributed by atoms with Gasteiger partial charge in [-0.25, -0.2) is 4.79 Å². The van der Waals surface area contributed by atoms with Gasteiger partial charge in [-0.3, -0.25) is 9.59 Å². The fourth-order valence-corrected chi connectivity index (χ4v) is 3.38. The van der Waals surface area contributed by atoms with E-state index in [1.54, 1.807) is 19.2 Å². The van der Waals surface area contributed by atoms with Crippen LogP contribution in [-0.2, 0) is 27.4 Å². The molecule has 0 aliphatic carbocycles. The lowest BCUT2D eigenvalue weighted by Crippen LogP contribution is -2.30. The summed E-state index contributed by atoms with van der Waals surface area (Å²) >= 11 is 0. The summed E-state index contributed by atoms with van der Waals surface area (Å²) in [5, 5.41) is 0. The smallest absolute Gasteiger partial charge is 0.338 e. The molecular formula is C24H28N2O5. The molecule has 2 aromatic rings. The fraction of sp³-hybridized carbons (Fsp3) is 0.375. The normalized spacial score (nSPS) is 13.2. The first-order valence-corrected chi connectivity index (χ1v) is 10.5. The van der Waals surface area contributed by atoms with E-state index in [0.717, 1.165) is 29.8 Å². The van der Waals surface area contributed by atoms with E-state index in [-0.39, 0.29) is 18.4 Å². The molecule has 0 radical (unpaired) electrons. The molecule has 0 unspecified atom stereocenters. The number of carbonyl (C=O) groups is 3. The van der Waals surface area contributed by atoms with Crippen LogP contribution in [0.4, 0.5) is 0 Å². The second-order valence-corrected chi connectivity index (χ2v) is 7.52. The Kier molecular flexibility index (Phi) is 7.65. The molecule has 0 atom stereocenters. The average Bonchev–Trinajstić information content (AvgIpc) is 3.18. The monoisotopic (exact) mass is 424 g/mol. The van der Waals surface area contributed by atoms with Crippen LogP contribution in [0.3, 0.4) is 0 Å². The summed E-state index contributed by atoms with van der Waals surface area (Å²) in [6.45, 7) is 3.93. The predicted octanol–water partition coefficient (Wildman–Crippen LogP) is 3.02. The van der Waals surface area contributed by atoms with E-state index in [4.69, 9.17) is 9.47 Å². The summed E-state index contributed by atoms with van der Waals surface area (Å²) in [7, 11) is 1.67. The van der Waals surface area contributed by atoms with Crippen LogP contribution >= 0.6 is 0 Å². The first-order chi connectivity index (χ1) is 15.0. The molecule has 164 valence electrons. The standard InChI is InChI=1S/C24H28N2O5/c1-3-30-21-12-8-18(9-13-21)15-25(2)23(28)17-31-24(29)20-10-6-19(7-11-20)16-26-14-4-5-22(26)27/h6-13H,3-5,14-17H2,1-2H3. The lowest BCUT2D eigenvalue weighted by molar-refractivity contribution is -0.133. The van der Waals surface area contributed by atoms with Crippen molar-refractivity contribution >= 4 is 17.8 Å². The fourth-order valence-electron chi connectivity index (χ4n) is 3.38. The van der Waals surface area contributed by atoms with Crippen molar-refractivity contribution in [2.75, 3.05) is 26.8 Å². The summed E-state index contributed by atoms with van der Waals surface area (Å²) in [5.74, 6) is 0.113. The Bertz CT molecular complexity index is 909. The minimum Gasteiger partial charge on any atom is -0.494 e. The number of esters is 1. The molecule has 2 amide bonds. The Morgan fingerprint density at radius 2 is 1.71 bits per heavy atom. The lowest BCUT2D eigenvalue weighted by atomic mass is 10.1. The number of nitrogens with zero attached hydrogens (tertiary/aromatic N) is 2. The van der Waals surface area contributed by atoms with E-state index in [0.29, 0.717) is 31.7 Å². The van der Waals surface area contributed by atoms with E-state index in [1.807, 2.05) is 48.2 Å². The minimum absolute atomic E-state index is 0.163. The molecular weight excluding hydrogens is 396 g/mol. The number of likely N-dealkylation sites (tertiary alicyclic amines) is 1. The van der Waals surface area contributed by atoms with Crippen molar-refractivity contribution in [2.45, 2.75) is 32.9 Å². The summed E-state index contributed by atoms with van der Waals surface area (Å²) in [6.07, 6.45) is 1.50. The minimum atomic E-state index is -0.549. The molecule has 0 bridgehead atoms. The van der Waals surface area contributed by atoms with E-state index in [9.17, 15) is 14.4 Å². The molecule has 1 aliphatic heterocycles. The number of carbonyl (C=O) groups excluding carboxylic acids is 3. The van der Waals surface area contributed by atoms with Gasteiger partial charge in [0.1, 0.15) is 5.75 Å². The van der Waals surface area contributed by atoms with Gasteiger partial charge >= 0.3 is 5.97 Å². The van der Waals surface area contributed by atoms with Crippen molar-refractivity contribution in [3.63, 3.8) is 0 Å². The molecule has 2 aromatic carbocycles. The maximum absolute atomic E-state index is 12.3. The zero-order valence-electron chi connectivity index (χ0n) is 18.0. The number of hydrogen-bond donors (Lipinski definition) is 0. The molecule has 1 heterocycles. The van der Waals surface area contributed by atoms with Crippen LogP contribution < -0.4 is 4.74 Å². The molecule has 7 nitrogen and oxygen atoms in total. The Balaban J connectivity index is 1.45. The van der Waals surface area contributed by atoms with Crippen molar-refractivity contribution in [3.8, 4) is 5.75 Å². The van der Waals surface area contributed by atoms with Crippen molar-refractivity contribution in [1.29, 1.82) is 0 Å². The van der Waals surface area contributed by atoms with Crippen LogP contribution in [0.15, 0.2) is 48.5 Å². The molecule has 1 fully saturated rings. The van der Waals surface area contributed by atoms with Crippen molar-refractivity contribution in [3.05, 3.63) is 65.2 Å². The van der Waals surface area contributed by atoms with Crippen molar-refractivity contribution in [2.24, 2.45) is 0 Å². The average molecular weight is 424 g/mol. The summed E-state index contributed by atoms with van der Waals surface area (Å²) < 4.78 is 10.6. The number of hydrogen-bond acceptors (Lipinski definition) is 5. The Hall–Kier alpha value is -3.35. The first kappa shape index (κ1) is 22.3. The highest BCUT2D eigenvalue weighted by atomic mass is 16.5. The van der Waals surface area contributed by atoms with Gasteiger partial charge in [0.05, 0.1) is 12.2 Å². The van der Waals surface area contributed by atoms with Gasteiger partial charge in [-0.05, 0) is 48.7 Å². The quantitative estimate of drug-likeness (QED) is 0.579. The zero-order chi connectivity index (χ0) is 22.2. The molecule has 1 aliphatic rings. The lowest BCUT2D eigenvalue weighted by Gasteiger charge is -2.17. The second-order valence-electron chi connectivity index (χ2n) is 7.52. The Labute approximate surface area is 182 Å². The topological polar surface area (TPSA) is 76.2 Å².